The third-order valence-corrected chi connectivity index (χ3v) is 7.40. The van der Waals surface area contributed by atoms with Gasteiger partial charge in [0.25, 0.3) is 0 Å². The van der Waals surface area contributed by atoms with E-state index >= 15 is 0 Å². The average Bonchev–Trinajstić information content (AvgIpc) is 2.79. The Morgan fingerprint density at radius 3 is 2.48 bits per heavy atom. The molecule has 0 aromatic heterocycles. The Morgan fingerprint density at radius 1 is 1.19 bits per heavy atom. The molecule has 0 unspecified atom stereocenters. The van der Waals surface area contributed by atoms with Crippen molar-refractivity contribution in [3.8, 4) is 0 Å². The largest absolute Gasteiger partial charge is 0.353 e. The monoisotopic (exact) mass is 293 g/mol. The quantitative estimate of drug-likeness (QED) is 0.814. The number of carbonyl (C=O) groups excluding carboxylic acids is 1. The van der Waals surface area contributed by atoms with Crippen molar-refractivity contribution in [1.82, 2.24) is 5.32 Å². The van der Waals surface area contributed by atoms with Crippen LogP contribution in [0.1, 0.15) is 65.7 Å². The molecule has 3 rings (SSSR count). The lowest BCUT2D eigenvalue weighted by atomic mass is 9.69. The number of carbonyl (C=O) groups is 1. The lowest BCUT2D eigenvalue weighted by molar-refractivity contribution is -0.904. The summed E-state index contributed by atoms with van der Waals surface area (Å²) in [7, 11) is 0. The molecule has 2 bridgehead atoms. The Hall–Kier alpha value is -0.570. The van der Waals surface area contributed by atoms with Crippen LogP contribution in [0.5, 0.6) is 0 Å². The first-order valence-electron chi connectivity index (χ1n) is 9.06. The lowest BCUT2D eigenvalue weighted by Gasteiger charge is -2.39. The Bertz CT molecular complexity index is 400. The van der Waals surface area contributed by atoms with E-state index < -0.39 is 0 Å². The fourth-order valence-corrected chi connectivity index (χ4v) is 5.28. The summed E-state index contributed by atoms with van der Waals surface area (Å²) in [5.41, 5.74) is 0.703. The van der Waals surface area contributed by atoms with Crippen molar-refractivity contribution >= 4 is 5.91 Å². The van der Waals surface area contributed by atoms with Crippen LogP contribution >= 0.6 is 0 Å². The van der Waals surface area contributed by atoms with Crippen molar-refractivity contribution in [2.45, 2.75) is 71.8 Å². The smallest absolute Gasteiger partial charge is 0.225 e. The number of fused-ring (bicyclic) bond motifs is 2. The Kier molecular flexibility index (Phi) is 4.06. The molecule has 120 valence electrons. The number of quaternary nitrogens is 1. The first kappa shape index (κ1) is 15.3. The molecule has 3 fully saturated rings. The van der Waals surface area contributed by atoms with E-state index in [0.29, 0.717) is 29.2 Å². The molecule has 1 saturated heterocycles. The van der Waals surface area contributed by atoms with Crippen molar-refractivity contribution in [3.63, 3.8) is 0 Å². The molecule has 3 aliphatic rings. The van der Waals surface area contributed by atoms with Crippen LogP contribution < -0.4 is 10.2 Å². The molecule has 0 spiro atoms. The van der Waals surface area contributed by atoms with Gasteiger partial charge in [-0.3, -0.25) is 4.79 Å². The number of nitrogens with one attached hydrogen (secondary N) is 2. The summed E-state index contributed by atoms with van der Waals surface area (Å²) in [6.07, 6.45) is 8.62. The van der Waals surface area contributed by atoms with Gasteiger partial charge in [-0.15, -0.1) is 0 Å². The molecule has 1 heterocycles. The van der Waals surface area contributed by atoms with Crippen molar-refractivity contribution < 1.29 is 9.69 Å². The van der Waals surface area contributed by atoms with Crippen LogP contribution in [0, 0.1) is 16.7 Å². The highest BCUT2D eigenvalue weighted by Crippen LogP contribution is 2.65. The highest BCUT2D eigenvalue weighted by molar-refractivity contribution is 5.76. The summed E-state index contributed by atoms with van der Waals surface area (Å²) in [4.78, 5) is 14.0. The van der Waals surface area contributed by atoms with Crippen molar-refractivity contribution in [2.75, 3.05) is 19.6 Å². The van der Waals surface area contributed by atoms with Gasteiger partial charge in [-0.2, -0.15) is 0 Å². The molecule has 3 atom stereocenters. The summed E-state index contributed by atoms with van der Waals surface area (Å²) < 4.78 is 0. The van der Waals surface area contributed by atoms with Gasteiger partial charge >= 0.3 is 0 Å². The maximum absolute atomic E-state index is 12.3. The molecule has 0 aromatic carbocycles. The zero-order valence-corrected chi connectivity index (χ0v) is 14.1. The number of likely N-dealkylation sites (tertiary alicyclic amines) is 1. The molecule has 3 heteroatoms. The van der Waals surface area contributed by atoms with Gasteiger partial charge in [0.15, 0.2) is 0 Å². The lowest BCUT2D eigenvalue weighted by Crippen LogP contribution is -3.12. The SMILES string of the molecule is CC1(C)[C@@H]2CC[C@]1(C)[C@@H](NC(=O)CC[NH+]1CCCCC1)C2. The van der Waals surface area contributed by atoms with Crippen LogP contribution in [0.25, 0.3) is 0 Å². The average molecular weight is 293 g/mol. The summed E-state index contributed by atoms with van der Waals surface area (Å²) in [6, 6.07) is 0.412. The fourth-order valence-electron chi connectivity index (χ4n) is 5.28. The zero-order chi connectivity index (χ0) is 15.1. The van der Waals surface area contributed by atoms with Crippen LogP contribution in [0.3, 0.4) is 0 Å². The highest BCUT2D eigenvalue weighted by Gasteiger charge is 2.61. The van der Waals surface area contributed by atoms with Gasteiger partial charge in [0, 0.05) is 6.04 Å². The van der Waals surface area contributed by atoms with Crippen LogP contribution in [0.4, 0.5) is 0 Å². The van der Waals surface area contributed by atoms with Crippen LogP contribution in [-0.2, 0) is 4.79 Å². The van der Waals surface area contributed by atoms with E-state index in [-0.39, 0.29) is 0 Å². The fraction of sp³-hybridized carbons (Fsp3) is 0.944. The van der Waals surface area contributed by atoms with Crippen molar-refractivity contribution in [1.29, 1.82) is 0 Å². The predicted octanol–water partition coefficient (Wildman–Crippen LogP) is 1.78. The van der Waals surface area contributed by atoms with Crippen LogP contribution in [0.2, 0.25) is 0 Å². The van der Waals surface area contributed by atoms with Gasteiger partial charge in [-0.05, 0) is 55.3 Å². The van der Waals surface area contributed by atoms with Gasteiger partial charge in [-0.25, -0.2) is 0 Å². The molecule has 2 N–H and O–H groups in total. The van der Waals surface area contributed by atoms with Crippen LogP contribution in [0.15, 0.2) is 0 Å². The van der Waals surface area contributed by atoms with Gasteiger partial charge in [0.1, 0.15) is 0 Å². The molecular weight excluding hydrogens is 260 g/mol. The number of amides is 1. The van der Waals surface area contributed by atoms with E-state index in [1.54, 1.807) is 4.90 Å². The molecule has 1 aliphatic heterocycles. The minimum Gasteiger partial charge on any atom is -0.353 e. The topological polar surface area (TPSA) is 33.5 Å². The summed E-state index contributed by atoms with van der Waals surface area (Å²) in [5, 5.41) is 3.39. The third kappa shape index (κ3) is 2.62. The summed E-state index contributed by atoms with van der Waals surface area (Å²) >= 11 is 0. The Balaban J connectivity index is 1.49. The molecule has 2 aliphatic carbocycles. The summed E-state index contributed by atoms with van der Waals surface area (Å²) in [6.45, 7) is 10.8. The molecule has 2 saturated carbocycles. The number of hydrogen-bond donors (Lipinski definition) is 2. The summed E-state index contributed by atoms with van der Waals surface area (Å²) in [5.74, 6) is 1.10. The van der Waals surface area contributed by atoms with E-state index in [0.717, 1.165) is 12.5 Å². The second-order valence-electron chi connectivity index (χ2n) is 8.54. The van der Waals surface area contributed by atoms with Gasteiger partial charge < -0.3 is 10.2 Å². The van der Waals surface area contributed by atoms with E-state index in [9.17, 15) is 4.79 Å². The Morgan fingerprint density at radius 2 is 1.90 bits per heavy atom. The van der Waals surface area contributed by atoms with Crippen molar-refractivity contribution in [2.24, 2.45) is 16.7 Å². The van der Waals surface area contributed by atoms with E-state index in [1.807, 2.05) is 0 Å². The second-order valence-corrected chi connectivity index (χ2v) is 8.54. The van der Waals surface area contributed by atoms with E-state index in [1.165, 1.54) is 51.6 Å². The number of hydrogen-bond acceptors (Lipinski definition) is 1. The first-order valence-corrected chi connectivity index (χ1v) is 9.06. The zero-order valence-electron chi connectivity index (χ0n) is 14.1. The van der Waals surface area contributed by atoms with E-state index in [2.05, 4.69) is 26.1 Å². The molecular formula is C18H33N2O+. The molecule has 21 heavy (non-hydrogen) atoms. The predicted molar refractivity (Wildman–Crippen MR) is 85.2 cm³/mol. The van der Waals surface area contributed by atoms with Crippen molar-refractivity contribution in [3.05, 3.63) is 0 Å². The minimum absolute atomic E-state index is 0.294. The van der Waals surface area contributed by atoms with Crippen LogP contribution in [-0.4, -0.2) is 31.6 Å². The molecule has 3 nitrogen and oxygen atoms in total. The standard InChI is InChI=1S/C18H32N2O/c1-17(2)14-7-9-18(17,3)15(13-14)19-16(21)8-12-20-10-5-4-6-11-20/h14-15H,4-13H2,1-3H3,(H,19,21)/p+1/t14-,15+,18-/m1/s1. The van der Waals surface area contributed by atoms with Gasteiger partial charge in [0.05, 0.1) is 26.1 Å². The third-order valence-electron chi connectivity index (χ3n) is 7.40. The number of rotatable bonds is 4. The first-order chi connectivity index (χ1) is 9.93. The molecule has 0 radical (unpaired) electrons. The number of piperidine rings is 1. The van der Waals surface area contributed by atoms with Gasteiger partial charge in [-0.1, -0.05) is 20.8 Å². The van der Waals surface area contributed by atoms with E-state index in [4.69, 9.17) is 0 Å². The highest BCUT2D eigenvalue weighted by atomic mass is 16.1. The normalized spacial score (nSPS) is 38.6. The maximum Gasteiger partial charge on any atom is 0.225 e. The Labute approximate surface area is 129 Å². The molecule has 1 amide bonds. The minimum atomic E-state index is 0.294. The molecule has 0 aromatic rings. The van der Waals surface area contributed by atoms with Gasteiger partial charge in [0.2, 0.25) is 5.91 Å². The second kappa shape index (κ2) is 5.57. The maximum atomic E-state index is 12.3.